The molecule has 5 heteroatoms. The van der Waals surface area contributed by atoms with Gasteiger partial charge in [-0.2, -0.15) is 0 Å². The molecule has 98 valence electrons. The Bertz CT molecular complexity index is 454. The quantitative estimate of drug-likeness (QED) is 0.793. The van der Waals surface area contributed by atoms with Gasteiger partial charge in [-0.25, -0.2) is 4.79 Å². The highest BCUT2D eigenvalue weighted by atomic mass is 16.5. The summed E-state index contributed by atoms with van der Waals surface area (Å²) in [6.45, 7) is 5.06. The van der Waals surface area contributed by atoms with Gasteiger partial charge in [-0.1, -0.05) is 11.6 Å². The van der Waals surface area contributed by atoms with Gasteiger partial charge in [0.2, 0.25) is 0 Å². The highest BCUT2D eigenvalue weighted by Gasteiger charge is 2.14. The summed E-state index contributed by atoms with van der Waals surface area (Å²) in [5, 5.41) is 12.1. The van der Waals surface area contributed by atoms with Crippen LogP contribution in [0.25, 0.3) is 0 Å². The Morgan fingerprint density at radius 3 is 2.67 bits per heavy atom. The summed E-state index contributed by atoms with van der Waals surface area (Å²) in [4.78, 5) is 22.9. The maximum Gasteiger partial charge on any atom is 0.342 e. The van der Waals surface area contributed by atoms with Crippen molar-refractivity contribution in [1.82, 2.24) is 5.32 Å². The third kappa shape index (κ3) is 4.08. The number of phenols is 1. The number of esters is 1. The second-order valence-electron chi connectivity index (χ2n) is 4.32. The Kier molecular flexibility index (Phi) is 4.71. The average Bonchev–Trinajstić information content (AvgIpc) is 2.28. The molecule has 5 nitrogen and oxygen atoms in total. The fourth-order valence-electron chi connectivity index (χ4n) is 1.39. The highest BCUT2D eigenvalue weighted by molar-refractivity contribution is 5.94. The molecular formula is C13H17NO4. The van der Waals surface area contributed by atoms with Crippen molar-refractivity contribution in [3.63, 3.8) is 0 Å². The van der Waals surface area contributed by atoms with E-state index in [1.54, 1.807) is 13.0 Å². The fraction of sp³-hybridized carbons (Fsp3) is 0.385. The Morgan fingerprint density at radius 1 is 1.39 bits per heavy atom. The summed E-state index contributed by atoms with van der Waals surface area (Å²) >= 11 is 0. The maximum atomic E-state index is 11.6. The minimum Gasteiger partial charge on any atom is -0.507 e. The summed E-state index contributed by atoms with van der Waals surface area (Å²) in [6.07, 6.45) is 0. The third-order valence-electron chi connectivity index (χ3n) is 2.16. The number of benzene rings is 1. The lowest BCUT2D eigenvalue weighted by Gasteiger charge is -2.09. The van der Waals surface area contributed by atoms with Gasteiger partial charge >= 0.3 is 5.97 Å². The number of phenolic OH excluding ortho intramolecular Hbond substituents is 1. The second-order valence-corrected chi connectivity index (χ2v) is 4.32. The van der Waals surface area contributed by atoms with Gasteiger partial charge < -0.3 is 15.2 Å². The smallest absolute Gasteiger partial charge is 0.342 e. The summed E-state index contributed by atoms with van der Waals surface area (Å²) in [5.74, 6) is -1.24. The first kappa shape index (κ1) is 14.0. The first-order valence-corrected chi connectivity index (χ1v) is 5.66. The number of carbonyl (C=O) groups is 2. The van der Waals surface area contributed by atoms with Crippen LogP contribution in [0.2, 0.25) is 0 Å². The van der Waals surface area contributed by atoms with Crippen LogP contribution in [0.15, 0.2) is 18.2 Å². The first-order valence-electron chi connectivity index (χ1n) is 5.66. The Labute approximate surface area is 106 Å². The molecule has 1 aromatic carbocycles. The Hall–Kier alpha value is -2.04. The summed E-state index contributed by atoms with van der Waals surface area (Å²) in [6, 6.07) is 4.60. The van der Waals surface area contributed by atoms with E-state index in [2.05, 4.69) is 5.32 Å². The standard InChI is InChI=1S/C13H17NO4/c1-8(2)14-12(16)7-18-13(17)10-6-9(3)4-5-11(10)15/h4-6,8,15H,7H2,1-3H3,(H,14,16). The van der Waals surface area contributed by atoms with Crippen molar-refractivity contribution in [2.45, 2.75) is 26.8 Å². The van der Waals surface area contributed by atoms with Crippen molar-refractivity contribution >= 4 is 11.9 Å². The van der Waals surface area contributed by atoms with E-state index in [0.29, 0.717) is 0 Å². The van der Waals surface area contributed by atoms with Gasteiger partial charge in [0.1, 0.15) is 11.3 Å². The van der Waals surface area contributed by atoms with Crippen molar-refractivity contribution < 1.29 is 19.4 Å². The van der Waals surface area contributed by atoms with Gasteiger partial charge in [0.15, 0.2) is 6.61 Å². The van der Waals surface area contributed by atoms with E-state index in [1.165, 1.54) is 12.1 Å². The monoisotopic (exact) mass is 251 g/mol. The molecule has 0 saturated carbocycles. The third-order valence-corrected chi connectivity index (χ3v) is 2.16. The van der Waals surface area contributed by atoms with Crippen molar-refractivity contribution in [3.8, 4) is 5.75 Å². The van der Waals surface area contributed by atoms with Crippen LogP contribution < -0.4 is 5.32 Å². The van der Waals surface area contributed by atoms with Crippen molar-refractivity contribution in [2.75, 3.05) is 6.61 Å². The van der Waals surface area contributed by atoms with Crippen molar-refractivity contribution in [1.29, 1.82) is 0 Å². The van der Waals surface area contributed by atoms with Gasteiger partial charge in [0.05, 0.1) is 0 Å². The van der Waals surface area contributed by atoms with E-state index >= 15 is 0 Å². The summed E-state index contributed by atoms with van der Waals surface area (Å²) in [7, 11) is 0. The molecule has 0 aromatic heterocycles. The molecule has 0 aliphatic carbocycles. The van der Waals surface area contributed by atoms with Crippen molar-refractivity contribution in [2.24, 2.45) is 0 Å². The molecule has 0 saturated heterocycles. The maximum absolute atomic E-state index is 11.6. The van der Waals surface area contributed by atoms with Crippen LogP contribution in [0, 0.1) is 6.92 Å². The number of aryl methyl sites for hydroxylation is 1. The van der Waals surface area contributed by atoms with Gasteiger partial charge in [-0.3, -0.25) is 4.79 Å². The Balaban J connectivity index is 2.60. The molecule has 1 amide bonds. The van der Waals surface area contributed by atoms with Gasteiger partial charge in [0.25, 0.3) is 5.91 Å². The van der Waals surface area contributed by atoms with Gasteiger partial charge in [0, 0.05) is 6.04 Å². The van der Waals surface area contributed by atoms with Crippen LogP contribution in [0.3, 0.4) is 0 Å². The minimum atomic E-state index is -0.713. The molecule has 1 aromatic rings. The van der Waals surface area contributed by atoms with Gasteiger partial charge in [-0.15, -0.1) is 0 Å². The van der Waals surface area contributed by atoms with Crippen LogP contribution in [0.1, 0.15) is 29.8 Å². The van der Waals surface area contributed by atoms with Crippen LogP contribution in [-0.4, -0.2) is 29.6 Å². The zero-order chi connectivity index (χ0) is 13.7. The van der Waals surface area contributed by atoms with Crippen LogP contribution in [0.5, 0.6) is 5.75 Å². The first-order chi connectivity index (χ1) is 8.40. The van der Waals surface area contributed by atoms with E-state index in [-0.39, 0.29) is 29.9 Å². The minimum absolute atomic E-state index is 0.0106. The molecule has 0 heterocycles. The number of aromatic hydroxyl groups is 1. The lowest BCUT2D eigenvalue weighted by Crippen LogP contribution is -2.34. The molecule has 0 fully saturated rings. The lowest BCUT2D eigenvalue weighted by atomic mass is 10.1. The molecular weight excluding hydrogens is 234 g/mol. The molecule has 0 unspecified atom stereocenters. The van der Waals surface area contributed by atoms with Crippen molar-refractivity contribution in [3.05, 3.63) is 29.3 Å². The van der Waals surface area contributed by atoms with E-state index < -0.39 is 5.97 Å². The normalized spacial score (nSPS) is 10.2. The summed E-state index contributed by atoms with van der Waals surface area (Å²) in [5.41, 5.74) is 0.888. The number of ether oxygens (including phenoxy) is 1. The number of nitrogens with one attached hydrogen (secondary N) is 1. The number of rotatable bonds is 4. The molecule has 18 heavy (non-hydrogen) atoms. The highest BCUT2D eigenvalue weighted by Crippen LogP contribution is 2.18. The average molecular weight is 251 g/mol. The topological polar surface area (TPSA) is 75.6 Å². The van der Waals surface area contributed by atoms with E-state index in [0.717, 1.165) is 5.56 Å². The molecule has 0 radical (unpaired) electrons. The van der Waals surface area contributed by atoms with E-state index in [9.17, 15) is 14.7 Å². The molecule has 0 bridgehead atoms. The summed E-state index contributed by atoms with van der Waals surface area (Å²) < 4.78 is 4.82. The Morgan fingerprint density at radius 2 is 2.06 bits per heavy atom. The predicted octanol–water partition coefficient (Wildman–Crippen LogP) is 1.38. The molecule has 0 spiro atoms. The lowest BCUT2D eigenvalue weighted by molar-refractivity contribution is -0.124. The molecule has 0 atom stereocenters. The van der Waals surface area contributed by atoms with E-state index in [1.807, 2.05) is 13.8 Å². The van der Waals surface area contributed by atoms with Crippen LogP contribution >= 0.6 is 0 Å². The molecule has 0 aliphatic heterocycles. The van der Waals surface area contributed by atoms with Crippen LogP contribution in [0.4, 0.5) is 0 Å². The molecule has 0 aliphatic rings. The van der Waals surface area contributed by atoms with E-state index in [4.69, 9.17) is 4.74 Å². The fourth-order valence-corrected chi connectivity index (χ4v) is 1.39. The number of carbonyl (C=O) groups excluding carboxylic acids is 2. The SMILES string of the molecule is Cc1ccc(O)c(C(=O)OCC(=O)NC(C)C)c1. The predicted molar refractivity (Wildman–Crippen MR) is 66.4 cm³/mol. The second kappa shape index (κ2) is 6.05. The zero-order valence-electron chi connectivity index (χ0n) is 10.7. The molecule has 1 rings (SSSR count). The largest absolute Gasteiger partial charge is 0.507 e. The van der Waals surface area contributed by atoms with Gasteiger partial charge in [-0.05, 0) is 32.9 Å². The zero-order valence-corrected chi connectivity index (χ0v) is 10.7. The number of hydrogen-bond acceptors (Lipinski definition) is 4. The van der Waals surface area contributed by atoms with Crippen LogP contribution in [-0.2, 0) is 9.53 Å². The number of hydrogen-bond donors (Lipinski definition) is 2. The number of amides is 1. The molecule has 2 N–H and O–H groups in total.